The number of carbonyl (C=O) groups excluding carboxylic acids is 2. The Morgan fingerprint density at radius 3 is 2.61 bits per heavy atom. The minimum atomic E-state index is -0.215. The van der Waals surface area contributed by atoms with Gasteiger partial charge in [-0.3, -0.25) is 9.59 Å². The van der Waals surface area contributed by atoms with Crippen LogP contribution in [0.5, 0.6) is 0 Å². The topological polar surface area (TPSA) is 88.9 Å². The maximum Gasteiger partial charge on any atom is 0.252 e. The van der Waals surface area contributed by atoms with E-state index < -0.39 is 0 Å². The zero-order valence-corrected chi connectivity index (χ0v) is 20.3. The highest BCUT2D eigenvalue weighted by Gasteiger charge is 2.15. The summed E-state index contributed by atoms with van der Waals surface area (Å²) in [4.78, 5) is 24.7. The van der Waals surface area contributed by atoms with E-state index in [1.165, 1.54) is 11.8 Å². The van der Waals surface area contributed by atoms with Gasteiger partial charge < -0.3 is 15.2 Å². The molecule has 7 nitrogen and oxygen atoms in total. The monoisotopic (exact) mass is 541 g/mol. The Morgan fingerprint density at radius 1 is 1.13 bits per heavy atom. The van der Waals surface area contributed by atoms with Crippen LogP contribution in [0.2, 0.25) is 10.0 Å². The molecule has 0 spiro atoms. The maximum absolute atomic E-state index is 12.4. The molecule has 0 aliphatic rings. The van der Waals surface area contributed by atoms with Gasteiger partial charge in [0, 0.05) is 16.7 Å². The third-order valence-electron chi connectivity index (χ3n) is 4.17. The fourth-order valence-corrected chi connectivity index (χ4v) is 4.26. The van der Waals surface area contributed by atoms with Gasteiger partial charge in [-0.05, 0) is 53.2 Å². The molecule has 2 amide bonds. The Balaban J connectivity index is 1.58. The van der Waals surface area contributed by atoms with Crippen molar-refractivity contribution >= 4 is 68.4 Å². The molecule has 31 heavy (non-hydrogen) atoms. The lowest BCUT2D eigenvalue weighted by Crippen LogP contribution is -2.25. The smallest absolute Gasteiger partial charge is 0.252 e. The van der Waals surface area contributed by atoms with Crippen molar-refractivity contribution in [1.29, 1.82) is 0 Å². The molecular formula is C20H18BrCl2N5O2S. The number of aromatic nitrogens is 3. The maximum atomic E-state index is 12.4. The molecule has 0 radical (unpaired) electrons. The van der Waals surface area contributed by atoms with Crippen LogP contribution in [-0.4, -0.2) is 32.3 Å². The summed E-state index contributed by atoms with van der Waals surface area (Å²) in [6.45, 7) is 2.77. The SMILES string of the molecule is CCn1c(CNC(=O)c2ccccc2Br)nnc1SCC(=O)Nc1ccc(Cl)c(Cl)c1. The summed E-state index contributed by atoms with van der Waals surface area (Å²) >= 11 is 16.5. The predicted molar refractivity (Wildman–Crippen MR) is 127 cm³/mol. The van der Waals surface area contributed by atoms with E-state index in [0.717, 1.165) is 0 Å². The standard InChI is InChI=1S/C20H18BrCl2N5O2S/c1-2-28-17(10-24-19(30)13-5-3-4-6-14(13)21)26-27-20(28)31-11-18(29)25-12-7-8-15(22)16(23)9-12/h3-9H,2,10-11H2,1H3,(H,24,30)(H,25,29). The lowest BCUT2D eigenvalue weighted by Gasteiger charge is -2.09. The number of hydrogen-bond acceptors (Lipinski definition) is 5. The number of hydrogen-bond donors (Lipinski definition) is 2. The molecule has 2 aromatic carbocycles. The Kier molecular flexibility index (Phi) is 8.36. The van der Waals surface area contributed by atoms with E-state index in [0.29, 0.717) is 43.3 Å². The number of halogens is 3. The number of amides is 2. The number of rotatable bonds is 8. The molecule has 0 atom stereocenters. The molecule has 0 fully saturated rings. The number of anilines is 1. The van der Waals surface area contributed by atoms with Crippen LogP contribution in [0, 0.1) is 0 Å². The molecule has 0 unspecified atom stereocenters. The molecule has 3 rings (SSSR count). The summed E-state index contributed by atoms with van der Waals surface area (Å²) in [5.74, 6) is 0.322. The normalized spacial score (nSPS) is 10.7. The second kappa shape index (κ2) is 11.0. The molecule has 162 valence electrons. The van der Waals surface area contributed by atoms with Crippen molar-refractivity contribution in [3.05, 3.63) is 68.4 Å². The summed E-state index contributed by atoms with van der Waals surface area (Å²) in [6.07, 6.45) is 0. The predicted octanol–water partition coefficient (Wildman–Crippen LogP) is 5.03. The molecule has 0 bridgehead atoms. The van der Waals surface area contributed by atoms with Crippen molar-refractivity contribution in [3.63, 3.8) is 0 Å². The first kappa shape index (κ1) is 23.6. The Morgan fingerprint density at radius 2 is 1.90 bits per heavy atom. The number of nitrogens with zero attached hydrogens (tertiary/aromatic N) is 3. The lowest BCUT2D eigenvalue weighted by molar-refractivity contribution is -0.113. The van der Waals surface area contributed by atoms with Gasteiger partial charge in [-0.2, -0.15) is 0 Å². The molecule has 3 aromatic rings. The zero-order chi connectivity index (χ0) is 22.4. The minimum absolute atomic E-state index is 0.141. The highest BCUT2D eigenvalue weighted by Crippen LogP contribution is 2.25. The van der Waals surface area contributed by atoms with Crippen molar-refractivity contribution < 1.29 is 9.59 Å². The van der Waals surface area contributed by atoms with Crippen molar-refractivity contribution in [2.75, 3.05) is 11.1 Å². The van der Waals surface area contributed by atoms with E-state index >= 15 is 0 Å². The first-order valence-corrected chi connectivity index (χ1v) is 11.7. The molecule has 1 aromatic heterocycles. The van der Waals surface area contributed by atoms with Crippen LogP contribution in [-0.2, 0) is 17.9 Å². The van der Waals surface area contributed by atoms with Crippen LogP contribution < -0.4 is 10.6 Å². The summed E-state index contributed by atoms with van der Waals surface area (Å²) in [6, 6.07) is 12.1. The summed E-state index contributed by atoms with van der Waals surface area (Å²) in [7, 11) is 0. The zero-order valence-electron chi connectivity index (χ0n) is 16.4. The van der Waals surface area contributed by atoms with Gasteiger partial charge >= 0.3 is 0 Å². The summed E-state index contributed by atoms with van der Waals surface area (Å²) < 4.78 is 2.57. The van der Waals surface area contributed by atoms with Gasteiger partial charge in [-0.15, -0.1) is 10.2 Å². The molecule has 0 aliphatic carbocycles. The number of thioether (sulfide) groups is 1. The van der Waals surface area contributed by atoms with Crippen LogP contribution in [0.4, 0.5) is 5.69 Å². The van der Waals surface area contributed by atoms with Gasteiger partial charge in [-0.25, -0.2) is 0 Å². The minimum Gasteiger partial charge on any atom is -0.345 e. The third-order valence-corrected chi connectivity index (χ3v) is 6.57. The van der Waals surface area contributed by atoms with E-state index in [1.807, 2.05) is 17.6 Å². The molecule has 0 saturated carbocycles. The fraction of sp³-hybridized carbons (Fsp3) is 0.200. The van der Waals surface area contributed by atoms with E-state index in [4.69, 9.17) is 23.2 Å². The van der Waals surface area contributed by atoms with E-state index in [-0.39, 0.29) is 24.1 Å². The van der Waals surface area contributed by atoms with Crippen molar-refractivity contribution in [2.45, 2.75) is 25.2 Å². The first-order valence-electron chi connectivity index (χ1n) is 9.21. The first-order chi connectivity index (χ1) is 14.9. The molecule has 2 N–H and O–H groups in total. The van der Waals surface area contributed by atoms with Gasteiger partial charge in [0.25, 0.3) is 5.91 Å². The lowest BCUT2D eigenvalue weighted by atomic mass is 10.2. The van der Waals surface area contributed by atoms with Gasteiger partial charge in [0.1, 0.15) is 0 Å². The van der Waals surface area contributed by atoms with Crippen LogP contribution in [0.25, 0.3) is 0 Å². The Hall–Kier alpha value is -2.07. The average Bonchev–Trinajstić information content (AvgIpc) is 3.15. The molecule has 0 aliphatic heterocycles. The second-order valence-electron chi connectivity index (χ2n) is 6.27. The van der Waals surface area contributed by atoms with Gasteiger partial charge in [0.05, 0.1) is 27.9 Å². The summed E-state index contributed by atoms with van der Waals surface area (Å²) in [5, 5.41) is 15.3. The van der Waals surface area contributed by atoms with Crippen LogP contribution in [0.15, 0.2) is 52.1 Å². The molecule has 0 saturated heterocycles. The van der Waals surface area contributed by atoms with E-state index in [9.17, 15) is 9.59 Å². The highest BCUT2D eigenvalue weighted by atomic mass is 79.9. The number of nitrogens with one attached hydrogen (secondary N) is 2. The van der Waals surface area contributed by atoms with Crippen LogP contribution in [0.3, 0.4) is 0 Å². The second-order valence-corrected chi connectivity index (χ2v) is 8.88. The van der Waals surface area contributed by atoms with E-state index in [1.54, 1.807) is 36.4 Å². The van der Waals surface area contributed by atoms with Crippen molar-refractivity contribution in [2.24, 2.45) is 0 Å². The third kappa shape index (κ3) is 6.22. The van der Waals surface area contributed by atoms with E-state index in [2.05, 4.69) is 36.8 Å². The van der Waals surface area contributed by atoms with Gasteiger partial charge in [-0.1, -0.05) is 47.1 Å². The Labute approximate surface area is 202 Å². The van der Waals surface area contributed by atoms with Gasteiger partial charge in [0.2, 0.25) is 5.91 Å². The molecule has 11 heteroatoms. The number of benzene rings is 2. The fourth-order valence-electron chi connectivity index (χ4n) is 2.68. The van der Waals surface area contributed by atoms with Crippen molar-refractivity contribution in [1.82, 2.24) is 20.1 Å². The quantitative estimate of drug-likeness (QED) is 0.390. The Bertz CT molecular complexity index is 1110. The van der Waals surface area contributed by atoms with Crippen LogP contribution in [0.1, 0.15) is 23.1 Å². The molecular weight excluding hydrogens is 525 g/mol. The average molecular weight is 543 g/mol. The molecule has 1 heterocycles. The highest BCUT2D eigenvalue weighted by molar-refractivity contribution is 9.10. The summed E-state index contributed by atoms with van der Waals surface area (Å²) in [5.41, 5.74) is 1.10. The van der Waals surface area contributed by atoms with Crippen molar-refractivity contribution in [3.8, 4) is 0 Å². The number of carbonyl (C=O) groups is 2. The largest absolute Gasteiger partial charge is 0.345 e. The van der Waals surface area contributed by atoms with Gasteiger partial charge in [0.15, 0.2) is 11.0 Å². The van der Waals surface area contributed by atoms with Crippen LogP contribution >= 0.6 is 50.9 Å².